The predicted octanol–water partition coefficient (Wildman–Crippen LogP) is 1.43. The van der Waals surface area contributed by atoms with Crippen LogP contribution in [0.15, 0.2) is 18.2 Å². The molecule has 0 fully saturated rings. The van der Waals surface area contributed by atoms with Crippen molar-refractivity contribution in [1.29, 1.82) is 0 Å². The van der Waals surface area contributed by atoms with Gasteiger partial charge in [-0.25, -0.2) is 0 Å². The fraction of sp³-hybridized carbons (Fsp3) is 0.462. The maximum absolute atomic E-state index is 10.9. The number of aliphatic carboxylic acids is 1. The first-order valence-electron chi connectivity index (χ1n) is 5.97. The highest BCUT2D eigenvalue weighted by Crippen LogP contribution is 2.34. The molecule has 98 valence electrons. The Balaban J connectivity index is 2.39. The smallest absolute Gasteiger partial charge is 0.323 e. The fourth-order valence-corrected chi connectivity index (χ4v) is 2.27. The van der Waals surface area contributed by atoms with Crippen molar-refractivity contribution in [3.63, 3.8) is 0 Å². The number of carboxylic acid groups (broad SMARTS) is 1. The van der Waals surface area contributed by atoms with Crippen molar-refractivity contribution in [1.82, 2.24) is 0 Å². The number of carboxylic acids is 1. The van der Waals surface area contributed by atoms with Gasteiger partial charge in [-0.1, -0.05) is 0 Å². The first-order chi connectivity index (χ1) is 8.61. The third-order valence-corrected chi connectivity index (χ3v) is 3.18. The Labute approximate surface area is 107 Å². The molecule has 0 bridgehead atoms. The summed E-state index contributed by atoms with van der Waals surface area (Å²) in [6.07, 6.45) is 0.945. The minimum atomic E-state index is -0.804. The lowest BCUT2D eigenvalue weighted by Gasteiger charge is -2.24. The molecule has 1 aliphatic heterocycles. The second-order valence-electron chi connectivity index (χ2n) is 4.45. The zero-order valence-corrected chi connectivity index (χ0v) is 10.7. The minimum absolute atomic E-state index is 0.0349. The van der Waals surface area contributed by atoms with E-state index in [9.17, 15) is 4.79 Å². The van der Waals surface area contributed by atoms with E-state index in [1.807, 2.05) is 30.1 Å². The van der Waals surface area contributed by atoms with Crippen LogP contribution in [0.2, 0.25) is 0 Å². The molecule has 1 aromatic carbocycles. The summed E-state index contributed by atoms with van der Waals surface area (Å²) in [7, 11) is 3.65. The minimum Gasteiger partial charge on any atom is -0.497 e. The highest BCUT2D eigenvalue weighted by molar-refractivity contribution is 5.79. The molecule has 0 unspecified atom stereocenters. The molecule has 1 aromatic rings. The Morgan fingerprint density at radius 2 is 2.17 bits per heavy atom. The van der Waals surface area contributed by atoms with Crippen LogP contribution in [-0.4, -0.2) is 44.9 Å². The quantitative estimate of drug-likeness (QED) is 0.879. The maximum Gasteiger partial charge on any atom is 0.323 e. The van der Waals surface area contributed by atoms with Crippen LogP contribution in [0.5, 0.6) is 5.75 Å². The van der Waals surface area contributed by atoms with Gasteiger partial charge in [-0.2, -0.15) is 0 Å². The first kappa shape index (κ1) is 12.5. The van der Waals surface area contributed by atoms with Crippen molar-refractivity contribution in [2.75, 3.05) is 43.6 Å². The third kappa shape index (κ3) is 2.50. The molecule has 18 heavy (non-hydrogen) atoms. The molecular weight excluding hydrogens is 232 g/mol. The molecule has 1 aliphatic rings. The van der Waals surface area contributed by atoms with Gasteiger partial charge < -0.3 is 19.6 Å². The van der Waals surface area contributed by atoms with Crippen molar-refractivity contribution < 1.29 is 14.6 Å². The lowest BCUT2D eigenvalue weighted by molar-refractivity contribution is -0.135. The molecule has 1 heterocycles. The average molecular weight is 250 g/mol. The first-order valence-corrected chi connectivity index (χ1v) is 5.97. The van der Waals surface area contributed by atoms with Crippen LogP contribution in [0.25, 0.3) is 0 Å². The zero-order chi connectivity index (χ0) is 13.1. The van der Waals surface area contributed by atoms with Gasteiger partial charge in [-0.05, 0) is 18.6 Å². The van der Waals surface area contributed by atoms with Crippen molar-refractivity contribution in [3.05, 3.63) is 18.2 Å². The van der Waals surface area contributed by atoms with Gasteiger partial charge in [0.15, 0.2) is 0 Å². The zero-order valence-electron chi connectivity index (χ0n) is 10.7. The Bertz CT molecular complexity index is 448. The van der Waals surface area contributed by atoms with Crippen LogP contribution in [0.3, 0.4) is 0 Å². The fourth-order valence-electron chi connectivity index (χ4n) is 2.27. The predicted molar refractivity (Wildman–Crippen MR) is 70.7 cm³/mol. The summed E-state index contributed by atoms with van der Waals surface area (Å²) < 4.78 is 5.22. The molecule has 1 N–H and O–H groups in total. The van der Waals surface area contributed by atoms with E-state index < -0.39 is 5.97 Å². The van der Waals surface area contributed by atoms with E-state index >= 15 is 0 Å². The van der Waals surface area contributed by atoms with E-state index in [2.05, 4.69) is 4.90 Å². The van der Waals surface area contributed by atoms with E-state index in [0.29, 0.717) is 0 Å². The number of anilines is 2. The van der Waals surface area contributed by atoms with Gasteiger partial charge >= 0.3 is 5.97 Å². The molecule has 0 aromatic heterocycles. The van der Waals surface area contributed by atoms with Crippen LogP contribution in [0.1, 0.15) is 6.42 Å². The van der Waals surface area contributed by atoms with Crippen molar-refractivity contribution in [3.8, 4) is 5.75 Å². The van der Waals surface area contributed by atoms with Gasteiger partial charge in [0.2, 0.25) is 0 Å². The highest BCUT2D eigenvalue weighted by Gasteiger charge is 2.20. The van der Waals surface area contributed by atoms with Gasteiger partial charge in [0.05, 0.1) is 18.5 Å². The van der Waals surface area contributed by atoms with Gasteiger partial charge in [0.25, 0.3) is 0 Å². The SMILES string of the molecule is COc1ccc2c(c1)N(C)CCCN2CC(=O)O. The van der Waals surface area contributed by atoms with Crippen LogP contribution < -0.4 is 14.5 Å². The third-order valence-electron chi connectivity index (χ3n) is 3.18. The Hall–Kier alpha value is -1.91. The topological polar surface area (TPSA) is 53.0 Å². The van der Waals surface area contributed by atoms with Gasteiger partial charge in [0.1, 0.15) is 12.3 Å². The standard InChI is InChI=1S/C13H18N2O3/c1-14-6-3-7-15(9-13(16)17)11-5-4-10(18-2)8-12(11)14/h4-5,8H,3,6-7,9H2,1-2H3,(H,16,17). The molecule has 0 saturated heterocycles. The number of hydrogen-bond acceptors (Lipinski definition) is 4. The van der Waals surface area contributed by atoms with Crippen LogP contribution in [0.4, 0.5) is 11.4 Å². The lowest BCUT2D eigenvalue weighted by atomic mass is 10.2. The van der Waals surface area contributed by atoms with Gasteiger partial charge in [0, 0.05) is 26.2 Å². The number of fused-ring (bicyclic) bond motifs is 1. The summed E-state index contributed by atoms with van der Waals surface area (Å²) in [5, 5.41) is 8.97. The van der Waals surface area contributed by atoms with Crippen LogP contribution in [-0.2, 0) is 4.79 Å². The Morgan fingerprint density at radius 1 is 1.39 bits per heavy atom. The normalized spacial score (nSPS) is 15.0. The van der Waals surface area contributed by atoms with Gasteiger partial charge in [-0.3, -0.25) is 4.79 Å². The number of methoxy groups -OCH3 is 1. The summed E-state index contributed by atoms with van der Waals surface area (Å²) in [5.74, 6) is -0.0147. The Kier molecular flexibility index (Phi) is 3.60. The molecule has 0 amide bonds. The van der Waals surface area contributed by atoms with Crippen LogP contribution in [0, 0.1) is 0 Å². The van der Waals surface area contributed by atoms with Crippen LogP contribution >= 0.6 is 0 Å². The number of benzene rings is 1. The van der Waals surface area contributed by atoms with E-state index in [-0.39, 0.29) is 6.54 Å². The number of ether oxygens (including phenoxy) is 1. The molecule has 0 radical (unpaired) electrons. The molecule has 2 rings (SSSR count). The Morgan fingerprint density at radius 3 is 2.83 bits per heavy atom. The van der Waals surface area contributed by atoms with E-state index in [1.165, 1.54) is 0 Å². The molecule has 0 saturated carbocycles. The average Bonchev–Trinajstić information content (AvgIpc) is 2.49. The number of nitrogens with zero attached hydrogens (tertiary/aromatic N) is 2. The largest absolute Gasteiger partial charge is 0.497 e. The maximum atomic E-state index is 10.9. The number of hydrogen-bond donors (Lipinski definition) is 1. The van der Waals surface area contributed by atoms with Gasteiger partial charge in [-0.15, -0.1) is 0 Å². The summed E-state index contributed by atoms with van der Waals surface area (Å²) in [4.78, 5) is 15.0. The molecule has 0 spiro atoms. The van der Waals surface area contributed by atoms with Crippen molar-refractivity contribution in [2.24, 2.45) is 0 Å². The summed E-state index contributed by atoms with van der Waals surface area (Å²) in [6, 6.07) is 5.75. The highest BCUT2D eigenvalue weighted by atomic mass is 16.5. The molecular formula is C13H18N2O3. The summed E-state index contributed by atoms with van der Waals surface area (Å²) >= 11 is 0. The van der Waals surface area contributed by atoms with E-state index in [1.54, 1.807) is 7.11 Å². The molecule has 5 nitrogen and oxygen atoms in total. The number of rotatable bonds is 3. The van der Waals surface area contributed by atoms with Crippen molar-refractivity contribution in [2.45, 2.75) is 6.42 Å². The second-order valence-corrected chi connectivity index (χ2v) is 4.45. The molecule has 0 aliphatic carbocycles. The second kappa shape index (κ2) is 5.16. The lowest BCUT2D eigenvalue weighted by Crippen LogP contribution is -2.30. The monoisotopic (exact) mass is 250 g/mol. The van der Waals surface area contributed by atoms with Crippen molar-refractivity contribution >= 4 is 17.3 Å². The molecule has 5 heteroatoms. The van der Waals surface area contributed by atoms with E-state index in [4.69, 9.17) is 9.84 Å². The summed E-state index contributed by atoms with van der Waals surface area (Å²) in [6.45, 7) is 1.71. The van der Waals surface area contributed by atoms with E-state index in [0.717, 1.165) is 36.6 Å². The number of carbonyl (C=O) groups is 1. The summed E-state index contributed by atoms with van der Waals surface area (Å²) in [5.41, 5.74) is 1.98. The molecule has 0 atom stereocenters.